The molecule has 0 fully saturated rings. The van der Waals surface area contributed by atoms with E-state index in [4.69, 9.17) is 23.2 Å². The Kier molecular flexibility index (Phi) is 3.92. The second-order valence-electron chi connectivity index (χ2n) is 4.06. The number of hydrogen-bond acceptors (Lipinski definition) is 5. The maximum Gasteiger partial charge on any atom is 0.319 e. The number of nitrogens with one attached hydrogen (secondary N) is 1. The molecule has 0 amide bonds. The Bertz CT molecular complexity index is 788. The third-order valence-electron chi connectivity index (χ3n) is 2.83. The van der Waals surface area contributed by atoms with Gasteiger partial charge in [0.1, 0.15) is 16.9 Å². The van der Waals surface area contributed by atoms with Crippen LogP contribution in [0.4, 0.5) is 14.5 Å². The van der Waals surface area contributed by atoms with Crippen molar-refractivity contribution in [1.82, 2.24) is 18.3 Å². The van der Waals surface area contributed by atoms with Crippen LogP contribution in [0.25, 0.3) is 11.0 Å². The van der Waals surface area contributed by atoms with Crippen LogP contribution < -0.4 is 5.32 Å². The van der Waals surface area contributed by atoms with Crippen LogP contribution in [0, 0.1) is 0 Å². The van der Waals surface area contributed by atoms with Gasteiger partial charge >= 0.3 is 6.55 Å². The number of imidazole rings is 1. The van der Waals surface area contributed by atoms with Gasteiger partial charge < -0.3 is 5.32 Å². The number of nitrogens with zero attached hydrogens (tertiary/aromatic N) is 4. The first kappa shape index (κ1) is 14.4. The lowest BCUT2D eigenvalue weighted by Crippen LogP contribution is -2.09. The molecule has 0 spiro atoms. The monoisotopic (exact) mass is 349 g/mol. The molecule has 0 bridgehead atoms. The average Bonchev–Trinajstić information content (AvgIpc) is 3.06. The van der Waals surface area contributed by atoms with Gasteiger partial charge in [0, 0.05) is 12.4 Å². The standard InChI is InChI=1S/C11H7Cl2F2N5S/c12-5-3-6(13)9-10(19-21-18-9)8(5)17-4-7-16-1-2-20(7)11(14)15/h1-3,11,17H,4H2. The van der Waals surface area contributed by atoms with E-state index >= 15 is 0 Å². The Morgan fingerprint density at radius 3 is 2.76 bits per heavy atom. The molecule has 0 aliphatic heterocycles. The second-order valence-corrected chi connectivity index (χ2v) is 5.40. The number of fused-ring (bicyclic) bond motifs is 1. The molecule has 3 rings (SSSR count). The van der Waals surface area contributed by atoms with Gasteiger partial charge in [-0.05, 0) is 6.07 Å². The fraction of sp³-hybridized carbons (Fsp3) is 0.182. The fourth-order valence-electron chi connectivity index (χ4n) is 1.87. The molecule has 0 aliphatic rings. The van der Waals surface area contributed by atoms with E-state index in [0.29, 0.717) is 26.8 Å². The minimum Gasteiger partial charge on any atom is -0.375 e. The Hall–Kier alpha value is -1.51. The summed E-state index contributed by atoms with van der Waals surface area (Å²) in [7, 11) is 0. The molecule has 0 aliphatic carbocycles. The molecular weight excluding hydrogens is 343 g/mol. The van der Waals surface area contributed by atoms with Crippen molar-refractivity contribution in [2.45, 2.75) is 13.1 Å². The van der Waals surface area contributed by atoms with Crippen molar-refractivity contribution in [3.63, 3.8) is 0 Å². The molecular formula is C11H7Cl2F2N5S. The smallest absolute Gasteiger partial charge is 0.319 e. The number of aromatic nitrogens is 4. The Morgan fingerprint density at radius 1 is 1.24 bits per heavy atom. The highest BCUT2D eigenvalue weighted by Crippen LogP contribution is 2.35. The van der Waals surface area contributed by atoms with Crippen LogP contribution in [-0.2, 0) is 6.54 Å². The summed E-state index contributed by atoms with van der Waals surface area (Å²) in [4.78, 5) is 3.89. The van der Waals surface area contributed by atoms with Gasteiger partial charge in [-0.3, -0.25) is 4.57 Å². The number of alkyl halides is 2. The van der Waals surface area contributed by atoms with Gasteiger partial charge in [-0.2, -0.15) is 17.5 Å². The van der Waals surface area contributed by atoms with E-state index in [1.807, 2.05) is 0 Å². The molecule has 21 heavy (non-hydrogen) atoms. The SMILES string of the molecule is FC(F)n1ccnc1CNc1c(Cl)cc(Cl)c2nsnc12. The first-order valence-electron chi connectivity index (χ1n) is 5.72. The topological polar surface area (TPSA) is 55.6 Å². The summed E-state index contributed by atoms with van der Waals surface area (Å²) in [6, 6.07) is 1.54. The lowest BCUT2D eigenvalue weighted by atomic mass is 10.2. The van der Waals surface area contributed by atoms with Gasteiger partial charge in [-0.1, -0.05) is 23.2 Å². The van der Waals surface area contributed by atoms with Gasteiger partial charge in [0.2, 0.25) is 0 Å². The van der Waals surface area contributed by atoms with E-state index in [1.54, 1.807) is 0 Å². The van der Waals surface area contributed by atoms with Crippen molar-refractivity contribution in [1.29, 1.82) is 0 Å². The van der Waals surface area contributed by atoms with E-state index in [0.717, 1.165) is 16.3 Å². The van der Waals surface area contributed by atoms with E-state index in [9.17, 15) is 8.78 Å². The predicted octanol–water partition coefficient (Wildman–Crippen LogP) is 4.20. The van der Waals surface area contributed by atoms with Crippen LogP contribution in [0.15, 0.2) is 18.5 Å². The molecule has 0 atom stereocenters. The first-order chi connectivity index (χ1) is 10.1. The van der Waals surface area contributed by atoms with Gasteiger partial charge in [0.25, 0.3) is 0 Å². The van der Waals surface area contributed by atoms with E-state index < -0.39 is 6.55 Å². The third kappa shape index (κ3) is 2.66. The molecule has 0 saturated heterocycles. The molecule has 2 heterocycles. The number of anilines is 1. The summed E-state index contributed by atoms with van der Waals surface area (Å²) in [6.07, 6.45) is 2.53. The minimum absolute atomic E-state index is 0.0747. The fourth-order valence-corrected chi connectivity index (χ4v) is 3.05. The molecule has 1 N–H and O–H groups in total. The van der Waals surface area contributed by atoms with E-state index in [2.05, 4.69) is 19.0 Å². The highest BCUT2D eigenvalue weighted by Gasteiger charge is 2.16. The highest BCUT2D eigenvalue weighted by molar-refractivity contribution is 7.00. The van der Waals surface area contributed by atoms with E-state index in [1.165, 1.54) is 18.5 Å². The summed E-state index contributed by atoms with van der Waals surface area (Å²) in [6.45, 7) is -2.57. The summed E-state index contributed by atoms with van der Waals surface area (Å²) in [5, 5.41) is 3.70. The number of rotatable bonds is 4. The molecule has 5 nitrogen and oxygen atoms in total. The third-order valence-corrected chi connectivity index (χ3v) is 3.94. The predicted molar refractivity (Wildman–Crippen MR) is 78.2 cm³/mol. The van der Waals surface area contributed by atoms with Crippen LogP contribution in [0.1, 0.15) is 12.4 Å². The summed E-state index contributed by atoms with van der Waals surface area (Å²) < 4.78 is 34.5. The van der Waals surface area contributed by atoms with Crippen molar-refractivity contribution >= 4 is 51.7 Å². The van der Waals surface area contributed by atoms with Crippen molar-refractivity contribution < 1.29 is 8.78 Å². The van der Waals surface area contributed by atoms with E-state index in [-0.39, 0.29) is 12.4 Å². The molecule has 3 aromatic rings. The molecule has 0 radical (unpaired) electrons. The normalized spacial score (nSPS) is 11.5. The quantitative estimate of drug-likeness (QED) is 0.766. The lowest BCUT2D eigenvalue weighted by molar-refractivity contribution is 0.0673. The summed E-state index contributed by atoms with van der Waals surface area (Å²) in [5.41, 5.74) is 1.52. The Morgan fingerprint density at radius 2 is 2.00 bits per heavy atom. The Balaban J connectivity index is 1.92. The second kappa shape index (κ2) is 5.70. The van der Waals surface area contributed by atoms with Crippen molar-refractivity contribution in [2.24, 2.45) is 0 Å². The average molecular weight is 350 g/mol. The van der Waals surface area contributed by atoms with Crippen LogP contribution in [0.2, 0.25) is 10.0 Å². The largest absolute Gasteiger partial charge is 0.375 e. The van der Waals surface area contributed by atoms with Gasteiger partial charge in [-0.25, -0.2) is 4.98 Å². The number of halogens is 4. The van der Waals surface area contributed by atoms with Crippen LogP contribution in [0.3, 0.4) is 0 Å². The zero-order valence-electron chi connectivity index (χ0n) is 10.2. The zero-order valence-corrected chi connectivity index (χ0v) is 12.6. The molecule has 1 aromatic carbocycles. The van der Waals surface area contributed by atoms with Gasteiger partial charge in [0.05, 0.1) is 34.0 Å². The van der Waals surface area contributed by atoms with Gasteiger partial charge in [0.15, 0.2) is 0 Å². The number of hydrogen-bond donors (Lipinski definition) is 1. The van der Waals surface area contributed by atoms with Crippen LogP contribution in [-0.4, -0.2) is 18.3 Å². The maximum absolute atomic E-state index is 12.8. The molecule has 110 valence electrons. The van der Waals surface area contributed by atoms with Crippen LogP contribution >= 0.6 is 34.9 Å². The summed E-state index contributed by atoms with van der Waals surface area (Å²) >= 11 is 13.1. The first-order valence-corrected chi connectivity index (χ1v) is 7.20. The zero-order chi connectivity index (χ0) is 15.0. The van der Waals surface area contributed by atoms with Crippen molar-refractivity contribution in [3.8, 4) is 0 Å². The molecule has 0 unspecified atom stereocenters. The lowest BCUT2D eigenvalue weighted by Gasteiger charge is -2.11. The molecule has 2 aromatic heterocycles. The van der Waals surface area contributed by atoms with Gasteiger partial charge in [-0.15, -0.1) is 0 Å². The maximum atomic E-state index is 12.8. The summed E-state index contributed by atoms with van der Waals surface area (Å²) in [5.74, 6) is 0.187. The highest BCUT2D eigenvalue weighted by atomic mass is 35.5. The Labute approximate surface area is 131 Å². The molecule has 0 saturated carbocycles. The minimum atomic E-state index is -2.65. The van der Waals surface area contributed by atoms with Crippen molar-refractivity contribution in [3.05, 3.63) is 34.3 Å². The van der Waals surface area contributed by atoms with Crippen LogP contribution in [0.5, 0.6) is 0 Å². The molecule has 10 heteroatoms. The van der Waals surface area contributed by atoms with Crippen molar-refractivity contribution in [2.75, 3.05) is 5.32 Å². The number of benzene rings is 1.